The molecule has 116 valence electrons. The topological polar surface area (TPSA) is 29.1 Å². The van der Waals surface area contributed by atoms with Crippen LogP contribution in [0.4, 0.5) is 17.6 Å². The number of nitrogens with one attached hydrogen (secondary N) is 1. The fourth-order valence-electron chi connectivity index (χ4n) is 2.54. The summed E-state index contributed by atoms with van der Waals surface area (Å²) in [5.41, 5.74) is -1.57. The molecule has 0 unspecified atom stereocenters. The second kappa shape index (κ2) is 6.03. The Hall–Kier alpha value is -1.59. The molecular formula is C15H17F4NO. The van der Waals surface area contributed by atoms with Gasteiger partial charge in [-0.1, -0.05) is 6.92 Å². The molecule has 0 bridgehead atoms. The van der Waals surface area contributed by atoms with E-state index in [4.69, 9.17) is 0 Å². The third-order valence-corrected chi connectivity index (χ3v) is 3.89. The van der Waals surface area contributed by atoms with Gasteiger partial charge in [0.1, 0.15) is 5.82 Å². The van der Waals surface area contributed by atoms with Gasteiger partial charge in [0.05, 0.1) is 11.1 Å². The number of rotatable bonds is 2. The van der Waals surface area contributed by atoms with Gasteiger partial charge in [-0.3, -0.25) is 4.79 Å². The lowest BCUT2D eigenvalue weighted by Gasteiger charge is -2.27. The van der Waals surface area contributed by atoms with Gasteiger partial charge in [-0.15, -0.1) is 0 Å². The Morgan fingerprint density at radius 2 is 1.81 bits per heavy atom. The minimum Gasteiger partial charge on any atom is -0.349 e. The van der Waals surface area contributed by atoms with E-state index in [2.05, 4.69) is 12.2 Å². The monoisotopic (exact) mass is 303 g/mol. The number of halogens is 4. The summed E-state index contributed by atoms with van der Waals surface area (Å²) in [7, 11) is 0. The van der Waals surface area contributed by atoms with Gasteiger partial charge in [-0.2, -0.15) is 13.2 Å². The number of carbonyl (C=O) groups is 1. The van der Waals surface area contributed by atoms with Crippen LogP contribution >= 0.6 is 0 Å². The summed E-state index contributed by atoms with van der Waals surface area (Å²) >= 11 is 0. The summed E-state index contributed by atoms with van der Waals surface area (Å²) in [5, 5.41) is 2.63. The molecule has 2 rings (SSSR count). The van der Waals surface area contributed by atoms with Crippen LogP contribution in [0.25, 0.3) is 0 Å². The third kappa shape index (κ3) is 3.95. The Morgan fingerprint density at radius 1 is 1.19 bits per heavy atom. The Kier molecular flexibility index (Phi) is 4.54. The van der Waals surface area contributed by atoms with E-state index in [1.165, 1.54) is 0 Å². The lowest BCUT2D eigenvalue weighted by atomic mass is 9.87. The SMILES string of the molecule is CC1CCC(NC(=O)c2cc(C(F)(F)F)ccc2F)CC1. The molecule has 1 aromatic carbocycles. The molecule has 1 fully saturated rings. The van der Waals surface area contributed by atoms with Crippen molar-refractivity contribution in [2.24, 2.45) is 5.92 Å². The quantitative estimate of drug-likeness (QED) is 0.817. The van der Waals surface area contributed by atoms with Crippen molar-refractivity contribution in [1.82, 2.24) is 5.32 Å². The van der Waals surface area contributed by atoms with E-state index >= 15 is 0 Å². The van der Waals surface area contributed by atoms with Crippen LogP contribution < -0.4 is 5.32 Å². The highest BCUT2D eigenvalue weighted by Gasteiger charge is 2.32. The second-order valence-corrected chi connectivity index (χ2v) is 5.62. The van der Waals surface area contributed by atoms with Crippen molar-refractivity contribution >= 4 is 5.91 Å². The predicted molar refractivity (Wildman–Crippen MR) is 70.3 cm³/mol. The Balaban J connectivity index is 2.11. The predicted octanol–water partition coefficient (Wildman–Crippen LogP) is 4.15. The van der Waals surface area contributed by atoms with Gasteiger partial charge < -0.3 is 5.32 Å². The Morgan fingerprint density at radius 3 is 2.38 bits per heavy atom. The standard InChI is InChI=1S/C15H17F4NO/c1-9-2-5-11(6-3-9)20-14(21)12-8-10(15(17,18)19)4-7-13(12)16/h4,7-9,11H,2-3,5-6H2,1H3,(H,20,21). The Bertz CT molecular complexity index is 519. The van der Waals surface area contributed by atoms with Gasteiger partial charge in [0.15, 0.2) is 0 Å². The van der Waals surface area contributed by atoms with E-state index < -0.39 is 29.0 Å². The van der Waals surface area contributed by atoms with Crippen LogP contribution in [0.2, 0.25) is 0 Å². The van der Waals surface area contributed by atoms with Gasteiger partial charge in [-0.05, 0) is 49.8 Å². The first kappa shape index (κ1) is 15.8. The van der Waals surface area contributed by atoms with Crippen LogP contribution in [0.15, 0.2) is 18.2 Å². The van der Waals surface area contributed by atoms with E-state index in [1.54, 1.807) is 0 Å². The normalized spacial score (nSPS) is 22.9. The minimum atomic E-state index is -4.59. The number of amides is 1. The van der Waals surface area contributed by atoms with Crippen molar-refractivity contribution in [1.29, 1.82) is 0 Å². The second-order valence-electron chi connectivity index (χ2n) is 5.62. The molecule has 21 heavy (non-hydrogen) atoms. The number of benzene rings is 1. The summed E-state index contributed by atoms with van der Waals surface area (Å²) < 4.78 is 51.4. The molecule has 0 atom stereocenters. The number of hydrogen-bond donors (Lipinski definition) is 1. The summed E-state index contributed by atoms with van der Waals surface area (Å²) in [6.07, 6.45) is -1.14. The smallest absolute Gasteiger partial charge is 0.349 e. The van der Waals surface area contributed by atoms with Crippen molar-refractivity contribution in [2.75, 3.05) is 0 Å². The number of carbonyl (C=O) groups excluding carboxylic acids is 1. The van der Waals surface area contributed by atoms with E-state index in [0.29, 0.717) is 24.1 Å². The average molecular weight is 303 g/mol. The molecule has 0 spiro atoms. The molecule has 6 heteroatoms. The van der Waals surface area contributed by atoms with Crippen molar-refractivity contribution in [3.05, 3.63) is 35.1 Å². The van der Waals surface area contributed by atoms with Crippen molar-refractivity contribution in [3.63, 3.8) is 0 Å². The zero-order valence-electron chi connectivity index (χ0n) is 11.6. The number of alkyl halides is 3. The first-order valence-corrected chi connectivity index (χ1v) is 6.95. The molecule has 1 aromatic rings. The van der Waals surface area contributed by atoms with Crippen LogP contribution in [-0.4, -0.2) is 11.9 Å². The zero-order valence-corrected chi connectivity index (χ0v) is 11.6. The summed E-state index contributed by atoms with van der Waals surface area (Å²) in [6.45, 7) is 2.12. The molecule has 0 aromatic heterocycles. The first-order valence-electron chi connectivity index (χ1n) is 6.95. The summed E-state index contributed by atoms with van der Waals surface area (Å²) in [4.78, 5) is 12.0. The fourth-order valence-corrected chi connectivity index (χ4v) is 2.54. The zero-order chi connectivity index (χ0) is 15.6. The van der Waals surface area contributed by atoms with E-state index in [1.807, 2.05) is 0 Å². The lowest BCUT2D eigenvalue weighted by molar-refractivity contribution is -0.137. The van der Waals surface area contributed by atoms with Crippen molar-refractivity contribution < 1.29 is 22.4 Å². The molecule has 1 amide bonds. The molecule has 1 aliphatic carbocycles. The average Bonchev–Trinajstić information content (AvgIpc) is 2.40. The summed E-state index contributed by atoms with van der Waals surface area (Å²) in [6, 6.07) is 1.79. The third-order valence-electron chi connectivity index (χ3n) is 3.89. The maximum absolute atomic E-state index is 13.6. The minimum absolute atomic E-state index is 0.0948. The van der Waals surface area contributed by atoms with Crippen molar-refractivity contribution in [3.8, 4) is 0 Å². The highest BCUT2D eigenvalue weighted by molar-refractivity contribution is 5.94. The van der Waals surface area contributed by atoms with Gasteiger partial charge >= 0.3 is 6.18 Å². The van der Waals surface area contributed by atoms with Gasteiger partial charge in [0, 0.05) is 6.04 Å². The molecule has 1 saturated carbocycles. The van der Waals surface area contributed by atoms with Crippen LogP contribution in [0.1, 0.15) is 48.5 Å². The fraction of sp³-hybridized carbons (Fsp3) is 0.533. The lowest BCUT2D eigenvalue weighted by Crippen LogP contribution is -2.37. The van der Waals surface area contributed by atoms with E-state index in [-0.39, 0.29) is 6.04 Å². The molecule has 2 nitrogen and oxygen atoms in total. The van der Waals surface area contributed by atoms with Crippen LogP contribution in [0.3, 0.4) is 0 Å². The maximum atomic E-state index is 13.6. The van der Waals surface area contributed by atoms with E-state index in [9.17, 15) is 22.4 Å². The highest BCUT2D eigenvalue weighted by Crippen LogP contribution is 2.30. The molecule has 0 heterocycles. The van der Waals surface area contributed by atoms with Gasteiger partial charge in [0.2, 0.25) is 0 Å². The Labute approximate surface area is 120 Å². The van der Waals surface area contributed by atoms with Gasteiger partial charge in [0.25, 0.3) is 5.91 Å². The number of hydrogen-bond acceptors (Lipinski definition) is 1. The molecule has 0 aliphatic heterocycles. The van der Waals surface area contributed by atoms with Gasteiger partial charge in [-0.25, -0.2) is 4.39 Å². The molecular weight excluding hydrogens is 286 g/mol. The molecule has 0 radical (unpaired) electrons. The molecule has 1 aliphatic rings. The van der Waals surface area contributed by atoms with Crippen molar-refractivity contribution in [2.45, 2.75) is 44.8 Å². The highest BCUT2D eigenvalue weighted by atomic mass is 19.4. The molecule has 1 N–H and O–H groups in total. The maximum Gasteiger partial charge on any atom is 0.416 e. The van der Waals surface area contributed by atoms with Crippen LogP contribution in [0, 0.1) is 11.7 Å². The summed E-state index contributed by atoms with van der Waals surface area (Å²) in [5.74, 6) is -1.13. The van der Waals surface area contributed by atoms with Crippen LogP contribution in [0.5, 0.6) is 0 Å². The first-order chi connectivity index (χ1) is 9.77. The van der Waals surface area contributed by atoms with Crippen LogP contribution in [-0.2, 0) is 6.18 Å². The largest absolute Gasteiger partial charge is 0.416 e. The molecule has 0 saturated heterocycles. The van der Waals surface area contributed by atoms with E-state index in [0.717, 1.165) is 25.7 Å².